The Labute approximate surface area is 152 Å². The third-order valence-corrected chi connectivity index (χ3v) is 4.87. The van der Waals surface area contributed by atoms with Crippen molar-refractivity contribution in [2.24, 2.45) is 0 Å². The zero-order chi connectivity index (χ0) is 18.1. The van der Waals surface area contributed by atoms with Crippen LogP contribution in [0.1, 0.15) is 11.1 Å². The Kier molecular flexibility index (Phi) is 4.24. The van der Waals surface area contributed by atoms with Crippen molar-refractivity contribution in [2.75, 3.05) is 32.8 Å². The highest BCUT2D eigenvalue weighted by Crippen LogP contribution is 2.44. The fourth-order valence-electron chi connectivity index (χ4n) is 3.64. The standard InChI is InChI=1S/C20H21N3O3/c1-24-17-10-14-12-23(9-8-15(14)18(25-2)19(17)26-3)20-16-7-5-4-6-13(16)11-21-22-20/h4-7,10-11H,8-9,12H2,1-3H3. The van der Waals surface area contributed by atoms with Crippen LogP contribution >= 0.6 is 0 Å². The van der Waals surface area contributed by atoms with Crippen molar-refractivity contribution in [3.8, 4) is 17.2 Å². The molecule has 2 aromatic carbocycles. The molecule has 0 spiro atoms. The number of nitrogens with zero attached hydrogens (tertiary/aromatic N) is 3. The third-order valence-electron chi connectivity index (χ3n) is 4.87. The number of hydrogen-bond donors (Lipinski definition) is 0. The summed E-state index contributed by atoms with van der Waals surface area (Å²) < 4.78 is 16.6. The predicted octanol–water partition coefficient (Wildman–Crippen LogP) is 3.22. The lowest BCUT2D eigenvalue weighted by Crippen LogP contribution is -2.31. The van der Waals surface area contributed by atoms with Crippen LogP contribution in [0, 0.1) is 0 Å². The summed E-state index contributed by atoms with van der Waals surface area (Å²) in [6.07, 6.45) is 2.64. The molecular weight excluding hydrogens is 330 g/mol. The van der Waals surface area contributed by atoms with Crippen LogP contribution in [0.3, 0.4) is 0 Å². The molecule has 3 aromatic rings. The predicted molar refractivity (Wildman–Crippen MR) is 100 cm³/mol. The molecule has 1 aromatic heterocycles. The first kappa shape index (κ1) is 16.4. The van der Waals surface area contributed by atoms with Crippen molar-refractivity contribution in [1.29, 1.82) is 0 Å². The van der Waals surface area contributed by atoms with E-state index in [9.17, 15) is 0 Å². The van der Waals surface area contributed by atoms with Crippen molar-refractivity contribution in [1.82, 2.24) is 10.2 Å². The third kappa shape index (κ3) is 2.58. The van der Waals surface area contributed by atoms with E-state index in [1.54, 1.807) is 27.5 Å². The van der Waals surface area contributed by atoms with E-state index in [0.717, 1.165) is 46.4 Å². The molecule has 2 heterocycles. The molecule has 0 radical (unpaired) electrons. The number of hydrogen-bond acceptors (Lipinski definition) is 6. The molecular formula is C20H21N3O3. The van der Waals surface area contributed by atoms with Crippen LogP contribution in [0.4, 0.5) is 5.82 Å². The van der Waals surface area contributed by atoms with Crippen molar-refractivity contribution in [3.63, 3.8) is 0 Å². The highest BCUT2D eigenvalue weighted by molar-refractivity contribution is 5.91. The van der Waals surface area contributed by atoms with Gasteiger partial charge >= 0.3 is 0 Å². The van der Waals surface area contributed by atoms with Gasteiger partial charge in [-0.1, -0.05) is 24.3 Å². The summed E-state index contributed by atoms with van der Waals surface area (Å²) in [7, 11) is 4.94. The maximum absolute atomic E-state index is 5.64. The minimum Gasteiger partial charge on any atom is -0.493 e. The van der Waals surface area contributed by atoms with Gasteiger partial charge in [-0.25, -0.2) is 0 Å². The Morgan fingerprint density at radius 1 is 1.00 bits per heavy atom. The fraction of sp³-hybridized carbons (Fsp3) is 0.300. The smallest absolute Gasteiger partial charge is 0.203 e. The number of aromatic nitrogens is 2. The van der Waals surface area contributed by atoms with Crippen molar-refractivity contribution < 1.29 is 14.2 Å². The van der Waals surface area contributed by atoms with Crippen LogP contribution in [0.25, 0.3) is 10.8 Å². The zero-order valence-electron chi connectivity index (χ0n) is 15.2. The van der Waals surface area contributed by atoms with E-state index in [2.05, 4.69) is 27.2 Å². The Balaban J connectivity index is 1.78. The van der Waals surface area contributed by atoms with Crippen molar-refractivity contribution in [3.05, 3.63) is 47.7 Å². The van der Waals surface area contributed by atoms with E-state index in [1.807, 2.05) is 18.2 Å². The number of benzene rings is 2. The Hall–Kier alpha value is -3.02. The number of anilines is 1. The van der Waals surface area contributed by atoms with Gasteiger partial charge in [0.05, 0.1) is 27.5 Å². The van der Waals surface area contributed by atoms with Gasteiger partial charge in [-0.15, -0.1) is 5.10 Å². The van der Waals surface area contributed by atoms with Gasteiger partial charge in [-0.3, -0.25) is 0 Å². The highest BCUT2D eigenvalue weighted by Gasteiger charge is 2.26. The normalized spacial score (nSPS) is 13.4. The van der Waals surface area contributed by atoms with Crippen LogP contribution in [-0.2, 0) is 13.0 Å². The van der Waals surface area contributed by atoms with Gasteiger partial charge in [0.2, 0.25) is 5.75 Å². The Morgan fingerprint density at radius 2 is 1.81 bits per heavy atom. The van der Waals surface area contributed by atoms with Gasteiger partial charge in [-0.05, 0) is 18.1 Å². The van der Waals surface area contributed by atoms with Gasteiger partial charge in [0.1, 0.15) is 0 Å². The second kappa shape index (κ2) is 6.71. The molecule has 6 heteroatoms. The number of methoxy groups -OCH3 is 3. The minimum absolute atomic E-state index is 0.646. The molecule has 0 atom stereocenters. The Morgan fingerprint density at radius 3 is 2.58 bits per heavy atom. The van der Waals surface area contributed by atoms with Crippen LogP contribution in [0.2, 0.25) is 0 Å². The van der Waals surface area contributed by atoms with E-state index in [-0.39, 0.29) is 0 Å². The zero-order valence-corrected chi connectivity index (χ0v) is 15.2. The van der Waals surface area contributed by atoms with Crippen LogP contribution in [0.15, 0.2) is 36.5 Å². The second-order valence-electron chi connectivity index (χ2n) is 6.21. The molecule has 6 nitrogen and oxygen atoms in total. The first-order valence-corrected chi connectivity index (χ1v) is 8.53. The van der Waals surface area contributed by atoms with E-state index in [0.29, 0.717) is 18.0 Å². The lowest BCUT2D eigenvalue weighted by molar-refractivity contribution is 0.320. The van der Waals surface area contributed by atoms with Crippen molar-refractivity contribution >= 4 is 16.6 Å². The molecule has 4 rings (SSSR count). The lowest BCUT2D eigenvalue weighted by atomic mass is 9.97. The molecule has 0 fully saturated rings. The highest BCUT2D eigenvalue weighted by atomic mass is 16.5. The molecule has 1 aliphatic rings. The maximum atomic E-state index is 5.64. The van der Waals surface area contributed by atoms with Crippen LogP contribution in [0.5, 0.6) is 17.2 Å². The van der Waals surface area contributed by atoms with Gasteiger partial charge in [0, 0.05) is 29.4 Å². The number of ether oxygens (including phenoxy) is 3. The maximum Gasteiger partial charge on any atom is 0.203 e. The van der Waals surface area contributed by atoms with E-state index in [4.69, 9.17) is 14.2 Å². The summed E-state index contributed by atoms with van der Waals surface area (Å²) in [6, 6.07) is 10.2. The second-order valence-corrected chi connectivity index (χ2v) is 6.21. The minimum atomic E-state index is 0.646. The SMILES string of the molecule is COc1cc2c(c(OC)c1OC)CCN(c1nncc3ccccc13)C2. The van der Waals surface area contributed by atoms with Gasteiger partial charge < -0.3 is 19.1 Å². The number of fused-ring (bicyclic) bond motifs is 2. The molecule has 0 amide bonds. The van der Waals surface area contributed by atoms with Gasteiger partial charge in [0.15, 0.2) is 17.3 Å². The first-order valence-electron chi connectivity index (χ1n) is 8.53. The average Bonchev–Trinajstić information content (AvgIpc) is 2.71. The molecule has 26 heavy (non-hydrogen) atoms. The quantitative estimate of drug-likeness (QED) is 0.719. The molecule has 0 aliphatic carbocycles. The molecule has 0 unspecified atom stereocenters. The lowest BCUT2D eigenvalue weighted by Gasteiger charge is -2.32. The summed E-state index contributed by atoms with van der Waals surface area (Å²) >= 11 is 0. The summed E-state index contributed by atoms with van der Waals surface area (Å²) in [5.74, 6) is 2.98. The average molecular weight is 351 g/mol. The fourth-order valence-corrected chi connectivity index (χ4v) is 3.64. The monoisotopic (exact) mass is 351 g/mol. The largest absolute Gasteiger partial charge is 0.493 e. The summed E-state index contributed by atoms with van der Waals surface area (Å²) in [5, 5.41) is 10.8. The van der Waals surface area contributed by atoms with Crippen LogP contribution in [-0.4, -0.2) is 38.1 Å². The molecule has 0 bridgehead atoms. The summed E-state index contributed by atoms with van der Waals surface area (Å²) in [6.45, 7) is 1.55. The summed E-state index contributed by atoms with van der Waals surface area (Å²) in [5.41, 5.74) is 2.31. The van der Waals surface area contributed by atoms with Crippen LogP contribution < -0.4 is 19.1 Å². The van der Waals surface area contributed by atoms with E-state index >= 15 is 0 Å². The topological polar surface area (TPSA) is 56.7 Å². The van der Waals surface area contributed by atoms with E-state index in [1.165, 1.54) is 0 Å². The first-order chi connectivity index (χ1) is 12.8. The van der Waals surface area contributed by atoms with Gasteiger partial charge in [-0.2, -0.15) is 5.10 Å². The van der Waals surface area contributed by atoms with Crippen molar-refractivity contribution in [2.45, 2.75) is 13.0 Å². The van der Waals surface area contributed by atoms with Gasteiger partial charge in [0.25, 0.3) is 0 Å². The molecule has 0 saturated carbocycles. The Bertz CT molecular complexity index is 953. The molecule has 1 aliphatic heterocycles. The summed E-state index contributed by atoms with van der Waals surface area (Å²) in [4.78, 5) is 2.25. The molecule has 0 N–H and O–H groups in total. The van der Waals surface area contributed by atoms with E-state index < -0.39 is 0 Å². The molecule has 134 valence electrons. The number of rotatable bonds is 4. The molecule has 0 saturated heterocycles.